The maximum Gasteiger partial charge on any atom is 0.269 e. The van der Waals surface area contributed by atoms with Crippen LogP contribution in [0.5, 0.6) is 5.75 Å². The van der Waals surface area contributed by atoms with Crippen molar-refractivity contribution in [2.75, 3.05) is 12.0 Å². The van der Waals surface area contributed by atoms with Gasteiger partial charge in [0, 0.05) is 12.1 Å². The number of nitrogens with one attached hydrogen (secondary N) is 1. The first-order chi connectivity index (χ1) is 11.0. The minimum Gasteiger partial charge on any atom is -0.492 e. The second-order valence-electron chi connectivity index (χ2n) is 4.42. The Kier molecular flexibility index (Phi) is 6.12. The predicted molar refractivity (Wildman–Crippen MR) is 97.3 cm³/mol. The number of benzene rings is 2. The van der Waals surface area contributed by atoms with Crippen LogP contribution in [0.2, 0.25) is 0 Å². The van der Waals surface area contributed by atoms with Crippen molar-refractivity contribution in [1.29, 1.82) is 0 Å². The summed E-state index contributed by atoms with van der Waals surface area (Å²) in [5.74, 6) is 0.743. The van der Waals surface area contributed by atoms with Gasteiger partial charge in [-0.25, -0.2) is 0 Å². The summed E-state index contributed by atoms with van der Waals surface area (Å²) in [6.45, 7) is 2.49. The average Bonchev–Trinajstić information content (AvgIpc) is 2.51. The lowest BCUT2D eigenvalue weighted by Gasteiger charge is -2.09. The maximum atomic E-state index is 10.6. The Labute approximate surface area is 150 Å². The molecule has 120 valence electrons. The van der Waals surface area contributed by atoms with Gasteiger partial charge >= 0.3 is 0 Å². The molecular formula is C15H13Br2N3O3. The minimum absolute atomic E-state index is 0.0407. The first-order valence-corrected chi connectivity index (χ1v) is 8.25. The van der Waals surface area contributed by atoms with E-state index in [0.29, 0.717) is 12.3 Å². The van der Waals surface area contributed by atoms with Crippen LogP contribution in [0.15, 0.2) is 50.4 Å². The van der Waals surface area contributed by atoms with Gasteiger partial charge in [0.1, 0.15) is 5.75 Å². The molecule has 2 rings (SSSR count). The zero-order chi connectivity index (χ0) is 16.8. The molecule has 2 aromatic rings. The van der Waals surface area contributed by atoms with Gasteiger partial charge in [-0.05, 0) is 68.6 Å². The third kappa shape index (κ3) is 4.77. The Morgan fingerprint density at radius 3 is 2.39 bits per heavy atom. The second kappa shape index (κ2) is 8.07. The molecule has 0 saturated heterocycles. The fourth-order valence-corrected chi connectivity index (χ4v) is 3.23. The van der Waals surface area contributed by atoms with E-state index in [9.17, 15) is 10.1 Å². The minimum atomic E-state index is -0.442. The van der Waals surface area contributed by atoms with E-state index in [-0.39, 0.29) is 5.69 Å². The normalized spacial score (nSPS) is 10.7. The molecule has 0 bridgehead atoms. The molecule has 0 saturated carbocycles. The Balaban J connectivity index is 2.07. The average molecular weight is 443 g/mol. The maximum absolute atomic E-state index is 10.6. The van der Waals surface area contributed by atoms with Gasteiger partial charge in [-0.15, -0.1) is 0 Å². The molecule has 23 heavy (non-hydrogen) atoms. The van der Waals surface area contributed by atoms with Crippen LogP contribution in [0.25, 0.3) is 0 Å². The third-order valence-corrected chi connectivity index (χ3v) is 3.97. The van der Waals surface area contributed by atoms with E-state index in [2.05, 4.69) is 42.4 Å². The van der Waals surface area contributed by atoms with E-state index in [1.165, 1.54) is 12.1 Å². The van der Waals surface area contributed by atoms with Crippen molar-refractivity contribution in [3.05, 3.63) is 61.0 Å². The molecule has 0 aliphatic carbocycles. The van der Waals surface area contributed by atoms with E-state index >= 15 is 0 Å². The van der Waals surface area contributed by atoms with Crippen LogP contribution in [0.4, 0.5) is 11.4 Å². The topological polar surface area (TPSA) is 76.8 Å². The Morgan fingerprint density at radius 2 is 1.87 bits per heavy atom. The van der Waals surface area contributed by atoms with Crippen molar-refractivity contribution in [1.82, 2.24) is 0 Å². The summed E-state index contributed by atoms with van der Waals surface area (Å²) in [6, 6.07) is 9.80. The number of halogens is 2. The summed E-state index contributed by atoms with van der Waals surface area (Å²) in [7, 11) is 0. The molecule has 0 amide bonds. The van der Waals surface area contributed by atoms with Gasteiger partial charge in [-0.1, -0.05) is 0 Å². The fourth-order valence-electron chi connectivity index (χ4n) is 1.78. The number of nitrogens with zero attached hydrogens (tertiary/aromatic N) is 2. The summed E-state index contributed by atoms with van der Waals surface area (Å²) >= 11 is 6.91. The van der Waals surface area contributed by atoms with Crippen LogP contribution in [-0.2, 0) is 0 Å². The van der Waals surface area contributed by atoms with Crippen LogP contribution in [0, 0.1) is 10.1 Å². The molecule has 1 N–H and O–H groups in total. The van der Waals surface area contributed by atoms with Crippen molar-refractivity contribution in [3.63, 3.8) is 0 Å². The van der Waals surface area contributed by atoms with Gasteiger partial charge in [0.2, 0.25) is 0 Å². The van der Waals surface area contributed by atoms with Crippen LogP contribution in [0.1, 0.15) is 12.5 Å². The molecular weight excluding hydrogens is 430 g/mol. The largest absolute Gasteiger partial charge is 0.492 e. The monoisotopic (exact) mass is 441 g/mol. The molecule has 0 aliphatic heterocycles. The van der Waals surface area contributed by atoms with Gasteiger partial charge in [-0.3, -0.25) is 15.5 Å². The van der Waals surface area contributed by atoms with Gasteiger partial charge in [-0.2, -0.15) is 5.10 Å². The van der Waals surface area contributed by atoms with E-state index in [1.54, 1.807) is 18.3 Å². The number of non-ortho nitro benzene ring substituents is 1. The third-order valence-electron chi connectivity index (χ3n) is 2.79. The van der Waals surface area contributed by atoms with Crippen molar-refractivity contribution in [2.24, 2.45) is 5.10 Å². The first-order valence-electron chi connectivity index (χ1n) is 6.66. The second-order valence-corrected chi connectivity index (χ2v) is 6.13. The lowest BCUT2D eigenvalue weighted by Crippen LogP contribution is -1.96. The zero-order valence-electron chi connectivity index (χ0n) is 12.1. The highest BCUT2D eigenvalue weighted by Crippen LogP contribution is 2.34. The molecule has 0 atom stereocenters. The summed E-state index contributed by atoms with van der Waals surface area (Å²) in [5, 5.41) is 14.7. The van der Waals surface area contributed by atoms with E-state index in [1.807, 2.05) is 19.1 Å². The van der Waals surface area contributed by atoms with E-state index in [0.717, 1.165) is 20.3 Å². The van der Waals surface area contributed by atoms with Crippen LogP contribution < -0.4 is 10.2 Å². The fraction of sp³-hybridized carbons (Fsp3) is 0.133. The number of rotatable bonds is 6. The summed E-state index contributed by atoms with van der Waals surface area (Å²) in [4.78, 5) is 10.1. The number of ether oxygens (including phenoxy) is 1. The molecule has 6 nitrogen and oxygen atoms in total. The summed E-state index contributed by atoms with van der Waals surface area (Å²) in [6.07, 6.45) is 1.65. The molecule has 0 unspecified atom stereocenters. The summed E-state index contributed by atoms with van der Waals surface area (Å²) < 4.78 is 7.17. The molecule has 2 aromatic carbocycles. The highest BCUT2D eigenvalue weighted by atomic mass is 79.9. The lowest BCUT2D eigenvalue weighted by molar-refractivity contribution is -0.384. The number of anilines is 1. The summed E-state index contributed by atoms with van der Waals surface area (Å²) in [5.41, 5.74) is 4.39. The predicted octanol–water partition coefficient (Wildman–Crippen LogP) is 4.96. The van der Waals surface area contributed by atoms with Gasteiger partial charge < -0.3 is 4.74 Å². The highest BCUT2D eigenvalue weighted by molar-refractivity contribution is 9.11. The molecule has 0 spiro atoms. The van der Waals surface area contributed by atoms with E-state index in [4.69, 9.17) is 4.74 Å². The van der Waals surface area contributed by atoms with E-state index < -0.39 is 4.92 Å². The molecule has 0 radical (unpaired) electrons. The van der Waals surface area contributed by atoms with Gasteiger partial charge in [0.05, 0.1) is 32.4 Å². The number of hydrazone groups is 1. The molecule has 0 fully saturated rings. The van der Waals surface area contributed by atoms with Crippen LogP contribution in [-0.4, -0.2) is 17.7 Å². The smallest absolute Gasteiger partial charge is 0.269 e. The number of nitro benzene ring substituents is 1. The number of nitro groups is 1. The zero-order valence-corrected chi connectivity index (χ0v) is 15.3. The number of hydrogen-bond donors (Lipinski definition) is 1. The Morgan fingerprint density at radius 1 is 1.26 bits per heavy atom. The molecule has 0 heterocycles. The quantitative estimate of drug-likeness (QED) is 0.389. The Hall–Kier alpha value is -1.93. The van der Waals surface area contributed by atoms with Gasteiger partial charge in [0.15, 0.2) is 0 Å². The van der Waals surface area contributed by atoms with Crippen molar-refractivity contribution in [3.8, 4) is 5.75 Å². The SMILES string of the molecule is CCOc1c(Br)cc(/C=N/Nc2ccc([N+](=O)[O-])cc2)cc1Br. The molecule has 0 aliphatic rings. The van der Waals surface area contributed by atoms with Crippen molar-refractivity contribution < 1.29 is 9.66 Å². The number of hydrogen-bond acceptors (Lipinski definition) is 5. The van der Waals surface area contributed by atoms with Crippen molar-refractivity contribution >= 4 is 49.4 Å². The molecule has 8 heteroatoms. The first kappa shape index (κ1) is 17.4. The highest BCUT2D eigenvalue weighted by Gasteiger charge is 2.07. The van der Waals surface area contributed by atoms with Crippen LogP contribution in [0.3, 0.4) is 0 Å². The lowest BCUT2D eigenvalue weighted by atomic mass is 10.2. The van der Waals surface area contributed by atoms with Crippen LogP contribution >= 0.6 is 31.9 Å². The molecule has 0 aromatic heterocycles. The standard InChI is InChI=1S/C15H13Br2N3O3/c1-2-23-15-13(16)7-10(8-14(15)17)9-18-19-11-3-5-12(6-4-11)20(21)22/h3-9,19H,2H2,1H3/b18-9+. The van der Waals surface area contributed by atoms with Crippen molar-refractivity contribution in [2.45, 2.75) is 6.92 Å². The van der Waals surface area contributed by atoms with Gasteiger partial charge in [0.25, 0.3) is 5.69 Å². The Bertz CT molecular complexity index is 710.